The van der Waals surface area contributed by atoms with Crippen LogP contribution in [0.3, 0.4) is 0 Å². The maximum atomic E-state index is 5.52. The van der Waals surface area contributed by atoms with Gasteiger partial charge in [-0.15, -0.1) is 0 Å². The second kappa shape index (κ2) is 3.18. The zero-order chi connectivity index (χ0) is 6.69. The lowest BCUT2D eigenvalue weighted by molar-refractivity contribution is 0.0741. The van der Waals surface area contributed by atoms with E-state index >= 15 is 0 Å². The van der Waals surface area contributed by atoms with E-state index in [1.165, 1.54) is 19.3 Å². The fourth-order valence-electron chi connectivity index (χ4n) is 1.58. The van der Waals surface area contributed by atoms with Gasteiger partial charge in [0.2, 0.25) is 0 Å². The van der Waals surface area contributed by atoms with E-state index in [0.29, 0.717) is 12.0 Å². The molecule has 2 heteroatoms. The van der Waals surface area contributed by atoms with Gasteiger partial charge in [0, 0.05) is 7.11 Å². The molecule has 0 aromatic rings. The van der Waals surface area contributed by atoms with Gasteiger partial charge >= 0.3 is 0 Å². The van der Waals surface area contributed by atoms with Crippen LogP contribution < -0.4 is 5.73 Å². The minimum atomic E-state index is 0.454. The van der Waals surface area contributed by atoms with E-state index in [-0.39, 0.29) is 0 Å². The summed E-state index contributed by atoms with van der Waals surface area (Å²) in [6, 6.07) is 0. The van der Waals surface area contributed by atoms with Gasteiger partial charge in [-0.1, -0.05) is 6.42 Å². The molecule has 0 heterocycles. The van der Waals surface area contributed by atoms with Crippen molar-refractivity contribution in [2.24, 2.45) is 11.7 Å². The normalized spacial score (nSPS) is 35.3. The molecule has 0 bridgehead atoms. The third-order valence-corrected chi connectivity index (χ3v) is 2.19. The Balaban J connectivity index is 2.32. The van der Waals surface area contributed by atoms with Crippen LogP contribution in [0.25, 0.3) is 0 Å². The molecule has 0 aromatic heterocycles. The molecule has 1 fully saturated rings. The van der Waals surface area contributed by atoms with Crippen molar-refractivity contribution in [3.63, 3.8) is 0 Å². The van der Waals surface area contributed by atoms with Gasteiger partial charge in [0.25, 0.3) is 0 Å². The van der Waals surface area contributed by atoms with Gasteiger partial charge in [-0.25, -0.2) is 0 Å². The van der Waals surface area contributed by atoms with Gasteiger partial charge in [0.05, 0.1) is 6.10 Å². The molecule has 54 valence electrons. The second-order valence-corrected chi connectivity index (χ2v) is 2.70. The summed E-state index contributed by atoms with van der Waals surface area (Å²) in [5, 5.41) is 0. The summed E-state index contributed by atoms with van der Waals surface area (Å²) in [6.45, 7) is 0.790. The van der Waals surface area contributed by atoms with Crippen molar-refractivity contribution in [1.29, 1.82) is 0 Å². The molecular weight excluding hydrogens is 114 g/mol. The third-order valence-electron chi connectivity index (χ3n) is 2.19. The highest BCUT2D eigenvalue weighted by Crippen LogP contribution is 2.26. The summed E-state index contributed by atoms with van der Waals surface area (Å²) < 4.78 is 5.23. The van der Waals surface area contributed by atoms with Crippen molar-refractivity contribution >= 4 is 0 Å². The van der Waals surface area contributed by atoms with Crippen LogP contribution in [0, 0.1) is 5.92 Å². The van der Waals surface area contributed by atoms with Crippen LogP contribution in [0.15, 0.2) is 0 Å². The van der Waals surface area contributed by atoms with E-state index in [1.807, 2.05) is 0 Å². The Morgan fingerprint density at radius 2 is 2.33 bits per heavy atom. The lowest BCUT2D eigenvalue weighted by Gasteiger charge is -2.14. The van der Waals surface area contributed by atoms with E-state index in [2.05, 4.69) is 0 Å². The van der Waals surface area contributed by atoms with Gasteiger partial charge in [-0.2, -0.15) is 0 Å². The summed E-state index contributed by atoms with van der Waals surface area (Å²) in [4.78, 5) is 0. The molecule has 1 aliphatic carbocycles. The molecular formula is C7H15NO. The average Bonchev–Trinajstić information content (AvgIpc) is 2.33. The Hall–Kier alpha value is -0.0800. The van der Waals surface area contributed by atoms with Crippen LogP contribution in [-0.4, -0.2) is 19.8 Å². The van der Waals surface area contributed by atoms with Gasteiger partial charge < -0.3 is 10.5 Å². The van der Waals surface area contributed by atoms with Crippen molar-refractivity contribution in [1.82, 2.24) is 0 Å². The molecule has 1 aliphatic rings. The first-order valence-electron chi connectivity index (χ1n) is 3.61. The zero-order valence-electron chi connectivity index (χ0n) is 5.97. The zero-order valence-corrected chi connectivity index (χ0v) is 5.97. The highest BCUT2D eigenvalue weighted by atomic mass is 16.5. The predicted octanol–water partition coefficient (Wildman–Crippen LogP) is 0.760. The Morgan fingerprint density at radius 1 is 1.56 bits per heavy atom. The molecule has 2 nitrogen and oxygen atoms in total. The molecule has 0 saturated heterocycles. The smallest absolute Gasteiger partial charge is 0.0611 e. The largest absolute Gasteiger partial charge is 0.381 e. The van der Waals surface area contributed by atoms with Crippen LogP contribution in [0.2, 0.25) is 0 Å². The van der Waals surface area contributed by atoms with Crippen LogP contribution in [0.5, 0.6) is 0 Å². The van der Waals surface area contributed by atoms with Crippen molar-refractivity contribution < 1.29 is 4.74 Å². The number of rotatable bonds is 2. The van der Waals surface area contributed by atoms with Crippen LogP contribution in [0.1, 0.15) is 19.3 Å². The number of hydrogen-bond donors (Lipinski definition) is 1. The average molecular weight is 129 g/mol. The van der Waals surface area contributed by atoms with Crippen LogP contribution >= 0.6 is 0 Å². The topological polar surface area (TPSA) is 35.2 Å². The van der Waals surface area contributed by atoms with E-state index in [1.54, 1.807) is 7.11 Å². The van der Waals surface area contributed by atoms with E-state index in [4.69, 9.17) is 10.5 Å². The van der Waals surface area contributed by atoms with Gasteiger partial charge in [0.15, 0.2) is 0 Å². The number of methoxy groups -OCH3 is 1. The SMILES string of the molecule is CO[C@H]1CCC[C@H]1CN. The van der Waals surface area contributed by atoms with Crippen molar-refractivity contribution in [2.45, 2.75) is 25.4 Å². The predicted molar refractivity (Wildman–Crippen MR) is 37.2 cm³/mol. The Kier molecular flexibility index (Phi) is 2.49. The number of ether oxygens (including phenoxy) is 1. The molecule has 0 aliphatic heterocycles. The Morgan fingerprint density at radius 3 is 2.78 bits per heavy atom. The second-order valence-electron chi connectivity index (χ2n) is 2.70. The molecule has 0 radical (unpaired) electrons. The minimum absolute atomic E-state index is 0.454. The first kappa shape index (κ1) is 7.03. The lowest BCUT2D eigenvalue weighted by Crippen LogP contribution is -2.23. The van der Waals surface area contributed by atoms with E-state index in [9.17, 15) is 0 Å². The maximum absolute atomic E-state index is 5.52. The summed E-state index contributed by atoms with van der Waals surface area (Å²) in [5.41, 5.74) is 5.52. The minimum Gasteiger partial charge on any atom is -0.381 e. The van der Waals surface area contributed by atoms with Crippen molar-refractivity contribution in [3.05, 3.63) is 0 Å². The molecule has 0 unspecified atom stereocenters. The molecule has 2 N–H and O–H groups in total. The monoisotopic (exact) mass is 129 g/mol. The number of nitrogens with two attached hydrogens (primary N) is 1. The fraction of sp³-hybridized carbons (Fsp3) is 1.00. The molecule has 0 amide bonds. The van der Waals surface area contributed by atoms with E-state index < -0.39 is 0 Å². The third kappa shape index (κ3) is 1.43. The summed E-state index contributed by atoms with van der Waals surface area (Å²) in [7, 11) is 1.78. The Labute approximate surface area is 56.4 Å². The van der Waals surface area contributed by atoms with Crippen LogP contribution in [-0.2, 0) is 4.74 Å². The maximum Gasteiger partial charge on any atom is 0.0611 e. The molecule has 0 spiro atoms. The molecule has 9 heavy (non-hydrogen) atoms. The highest BCUT2D eigenvalue weighted by molar-refractivity contribution is 4.77. The molecule has 1 saturated carbocycles. The fourth-order valence-corrected chi connectivity index (χ4v) is 1.58. The first-order valence-corrected chi connectivity index (χ1v) is 3.61. The van der Waals surface area contributed by atoms with Gasteiger partial charge in [-0.05, 0) is 25.3 Å². The highest BCUT2D eigenvalue weighted by Gasteiger charge is 2.25. The lowest BCUT2D eigenvalue weighted by atomic mass is 10.1. The summed E-state index contributed by atoms with van der Waals surface area (Å²) >= 11 is 0. The van der Waals surface area contributed by atoms with Gasteiger partial charge in [-0.3, -0.25) is 0 Å². The van der Waals surface area contributed by atoms with Crippen molar-refractivity contribution in [2.75, 3.05) is 13.7 Å². The molecule has 2 atom stereocenters. The van der Waals surface area contributed by atoms with Crippen molar-refractivity contribution in [3.8, 4) is 0 Å². The quantitative estimate of drug-likeness (QED) is 0.597. The Bertz CT molecular complexity index is 75.0. The first-order chi connectivity index (χ1) is 4.38. The number of hydrogen-bond acceptors (Lipinski definition) is 2. The standard InChI is InChI=1S/C7H15NO/c1-9-7-4-2-3-6(7)5-8/h6-7H,2-5,8H2,1H3/t6-,7-/m0/s1. The van der Waals surface area contributed by atoms with E-state index in [0.717, 1.165) is 6.54 Å². The molecule has 1 rings (SSSR count). The summed E-state index contributed by atoms with van der Waals surface area (Å²) in [6.07, 6.45) is 4.21. The van der Waals surface area contributed by atoms with Crippen LogP contribution in [0.4, 0.5) is 0 Å². The molecule has 0 aromatic carbocycles. The van der Waals surface area contributed by atoms with Gasteiger partial charge in [0.1, 0.15) is 0 Å². The summed E-state index contributed by atoms with van der Waals surface area (Å²) in [5.74, 6) is 0.634.